The normalized spacial score (nSPS) is 11.3. The van der Waals surface area contributed by atoms with Crippen LogP contribution in [-0.4, -0.2) is 24.5 Å². The van der Waals surface area contributed by atoms with Gasteiger partial charge in [-0.25, -0.2) is 0 Å². The smallest absolute Gasteiger partial charge is 0.220 e. The molecular weight excluding hydrogens is 262 g/mol. The maximum absolute atomic E-state index is 11.8. The average molecular weight is 291 g/mol. The van der Waals surface area contributed by atoms with Crippen LogP contribution in [-0.2, 0) is 11.2 Å². The van der Waals surface area contributed by atoms with Crippen LogP contribution >= 0.6 is 0 Å². The van der Waals surface area contributed by atoms with Gasteiger partial charge in [0.25, 0.3) is 0 Å². The molecule has 1 amide bonds. The molecule has 1 rings (SSSR count). The summed E-state index contributed by atoms with van der Waals surface area (Å²) in [4.78, 5) is 14.1. The van der Waals surface area contributed by atoms with E-state index in [1.54, 1.807) is 0 Å². The number of benzene rings is 1. The van der Waals surface area contributed by atoms with Gasteiger partial charge in [-0.15, -0.1) is 0 Å². The lowest BCUT2D eigenvalue weighted by Gasteiger charge is -2.23. The second-order valence-electron chi connectivity index (χ2n) is 6.36. The van der Waals surface area contributed by atoms with E-state index in [4.69, 9.17) is 5.73 Å². The lowest BCUT2D eigenvalue weighted by molar-refractivity contribution is -0.122. The summed E-state index contributed by atoms with van der Waals surface area (Å²) >= 11 is 0. The number of anilines is 2. The van der Waals surface area contributed by atoms with E-state index in [9.17, 15) is 4.79 Å². The first kappa shape index (κ1) is 17.3. The average Bonchev–Trinajstić information content (AvgIpc) is 2.38. The van der Waals surface area contributed by atoms with E-state index in [-0.39, 0.29) is 11.4 Å². The van der Waals surface area contributed by atoms with Gasteiger partial charge in [-0.05, 0) is 58.7 Å². The Morgan fingerprint density at radius 2 is 1.86 bits per heavy atom. The summed E-state index contributed by atoms with van der Waals surface area (Å²) in [5.41, 5.74) is 8.92. The molecule has 0 aromatic heterocycles. The van der Waals surface area contributed by atoms with E-state index in [0.29, 0.717) is 12.8 Å². The number of rotatable bonds is 6. The predicted molar refractivity (Wildman–Crippen MR) is 90.6 cm³/mol. The van der Waals surface area contributed by atoms with Crippen LogP contribution in [0.2, 0.25) is 0 Å². The SMILES string of the molecule is CCN(CC)c1ccc(CCC(=O)NC(C)(C)C)cc1N. The fourth-order valence-electron chi connectivity index (χ4n) is 2.35. The van der Waals surface area contributed by atoms with Crippen LogP contribution in [0.4, 0.5) is 11.4 Å². The second kappa shape index (κ2) is 7.34. The number of nitrogens with zero attached hydrogens (tertiary/aromatic N) is 1. The Bertz CT molecular complexity index is 473. The number of carbonyl (C=O) groups is 1. The quantitative estimate of drug-likeness (QED) is 0.792. The van der Waals surface area contributed by atoms with Gasteiger partial charge in [0.05, 0.1) is 11.4 Å². The minimum absolute atomic E-state index is 0.0777. The van der Waals surface area contributed by atoms with Gasteiger partial charge in [0, 0.05) is 25.0 Å². The first-order chi connectivity index (χ1) is 9.76. The summed E-state index contributed by atoms with van der Waals surface area (Å²) in [6, 6.07) is 6.10. The van der Waals surface area contributed by atoms with Gasteiger partial charge < -0.3 is 16.0 Å². The summed E-state index contributed by atoms with van der Waals surface area (Å²) in [5.74, 6) is 0.0777. The lowest BCUT2D eigenvalue weighted by atomic mass is 10.1. The topological polar surface area (TPSA) is 58.4 Å². The van der Waals surface area contributed by atoms with E-state index in [0.717, 1.165) is 30.0 Å². The van der Waals surface area contributed by atoms with Crippen molar-refractivity contribution in [2.24, 2.45) is 0 Å². The van der Waals surface area contributed by atoms with Crippen molar-refractivity contribution in [1.29, 1.82) is 0 Å². The highest BCUT2D eigenvalue weighted by atomic mass is 16.1. The third kappa shape index (κ3) is 5.66. The Morgan fingerprint density at radius 3 is 2.33 bits per heavy atom. The lowest BCUT2D eigenvalue weighted by Crippen LogP contribution is -2.40. The Kier molecular flexibility index (Phi) is 6.06. The molecule has 0 atom stereocenters. The summed E-state index contributed by atoms with van der Waals surface area (Å²) in [7, 11) is 0. The van der Waals surface area contributed by atoms with E-state index in [2.05, 4.69) is 36.2 Å². The maximum Gasteiger partial charge on any atom is 0.220 e. The standard InChI is InChI=1S/C17H29N3O/c1-6-20(7-2)15-10-8-13(12-14(15)18)9-11-16(21)19-17(3,4)5/h8,10,12H,6-7,9,11,18H2,1-5H3,(H,19,21). The van der Waals surface area contributed by atoms with Crippen molar-refractivity contribution in [2.75, 3.05) is 23.7 Å². The Hall–Kier alpha value is -1.71. The molecule has 0 aliphatic heterocycles. The molecule has 0 saturated heterocycles. The second-order valence-corrected chi connectivity index (χ2v) is 6.36. The number of nitrogen functional groups attached to an aromatic ring is 1. The number of nitrogens with two attached hydrogens (primary N) is 1. The zero-order valence-electron chi connectivity index (χ0n) is 14.0. The monoisotopic (exact) mass is 291 g/mol. The van der Waals surface area contributed by atoms with Gasteiger partial charge in [0.2, 0.25) is 5.91 Å². The molecule has 118 valence electrons. The number of nitrogens with one attached hydrogen (secondary N) is 1. The van der Waals surface area contributed by atoms with Crippen LogP contribution in [0.5, 0.6) is 0 Å². The third-order valence-corrected chi connectivity index (χ3v) is 3.35. The summed E-state index contributed by atoms with van der Waals surface area (Å²) in [5, 5.41) is 2.97. The molecule has 0 aliphatic rings. The number of hydrogen-bond donors (Lipinski definition) is 2. The highest BCUT2D eigenvalue weighted by Gasteiger charge is 2.14. The predicted octanol–water partition coefficient (Wildman–Crippen LogP) is 2.96. The summed E-state index contributed by atoms with van der Waals surface area (Å²) in [6.45, 7) is 12.1. The molecule has 1 aromatic carbocycles. The van der Waals surface area contributed by atoms with Crippen LogP contribution < -0.4 is 16.0 Å². The van der Waals surface area contributed by atoms with Gasteiger partial charge in [-0.1, -0.05) is 6.07 Å². The molecule has 0 unspecified atom stereocenters. The van der Waals surface area contributed by atoms with Gasteiger partial charge in [0.15, 0.2) is 0 Å². The molecule has 4 heteroatoms. The molecule has 3 N–H and O–H groups in total. The van der Waals surface area contributed by atoms with Crippen molar-refractivity contribution in [3.63, 3.8) is 0 Å². The maximum atomic E-state index is 11.8. The Balaban J connectivity index is 2.66. The molecule has 21 heavy (non-hydrogen) atoms. The van der Waals surface area contributed by atoms with E-state index >= 15 is 0 Å². The number of carbonyl (C=O) groups excluding carboxylic acids is 1. The van der Waals surface area contributed by atoms with Gasteiger partial charge in [-0.2, -0.15) is 0 Å². The van der Waals surface area contributed by atoms with E-state index < -0.39 is 0 Å². The van der Waals surface area contributed by atoms with Crippen LogP contribution in [0.1, 0.15) is 46.6 Å². The molecular formula is C17H29N3O. The molecule has 0 aliphatic carbocycles. The fourth-order valence-corrected chi connectivity index (χ4v) is 2.35. The highest BCUT2D eigenvalue weighted by molar-refractivity contribution is 5.77. The third-order valence-electron chi connectivity index (χ3n) is 3.35. The van der Waals surface area contributed by atoms with Crippen LogP contribution in [0.3, 0.4) is 0 Å². The molecule has 0 radical (unpaired) electrons. The molecule has 4 nitrogen and oxygen atoms in total. The van der Waals surface area contributed by atoms with Crippen molar-refractivity contribution in [3.8, 4) is 0 Å². The first-order valence-electron chi connectivity index (χ1n) is 7.71. The zero-order valence-corrected chi connectivity index (χ0v) is 14.0. The van der Waals surface area contributed by atoms with Crippen LogP contribution in [0.15, 0.2) is 18.2 Å². The number of amides is 1. The Labute approximate surface area is 128 Å². The molecule has 0 heterocycles. The van der Waals surface area contributed by atoms with Crippen LogP contribution in [0.25, 0.3) is 0 Å². The Morgan fingerprint density at radius 1 is 1.24 bits per heavy atom. The van der Waals surface area contributed by atoms with E-state index in [1.165, 1.54) is 0 Å². The first-order valence-corrected chi connectivity index (χ1v) is 7.71. The van der Waals surface area contributed by atoms with Crippen molar-refractivity contribution >= 4 is 17.3 Å². The van der Waals surface area contributed by atoms with Crippen LogP contribution in [0, 0.1) is 0 Å². The summed E-state index contributed by atoms with van der Waals surface area (Å²) < 4.78 is 0. The van der Waals surface area contributed by atoms with Crippen molar-refractivity contribution in [2.45, 2.75) is 53.0 Å². The number of aryl methyl sites for hydroxylation is 1. The summed E-state index contributed by atoms with van der Waals surface area (Å²) in [6.07, 6.45) is 1.20. The largest absolute Gasteiger partial charge is 0.397 e. The van der Waals surface area contributed by atoms with Crippen molar-refractivity contribution in [3.05, 3.63) is 23.8 Å². The molecule has 0 spiro atoms. The molecule has 0 bridgehead atoms. The minimum Gasteiger partial charge on any atom is -0.397 e. The molecule has 0 saturated carbocycles. The molecule has 0 fully saturated rings. The highest BCUT2D eigenvalue weighted by Crippen LogP contribution is 2.24. The fraction of sp³-hybridized carbons (Fsp3) is 0.588. The zero-order chi connectivity index (χ0) is 16.0. The van der Waals surface area contributed by atoms with Gasteiger partial charge in [-0.3, -0.25) is 4.79 Å². The van der Waals surface area contributed by atoms with Gasteiger partial charge in [0.1, 0.15) is 0 Å². The van der Waals surface area contributed by atoms with Gasteiger partial charge >= 0.3 is 0 Å². The molecule has 1 aromatic rings. The van der Waals surface area contributed by atoms with Crippen molar-refractivity contribution in [1.82, 2.24) is 5.32 Å². The van der Waals surface area contributed by atoms with E-state index in [1.807, 2.05) is 26.8 Å². The minimum atomic E-state index is -0.178. The van der Waals surface area contributed by atoms with Crippen molar-refractivity contribution < 1.29 is 4.79 Å². The number of hydrogen-bond acceptors (Lipinski definition) is 3.